The summed E-state index contributed by atoms with van der Waals surface area (Å²) in [4.78, 5) is 12.7. The molecule has 1 aliphatic rings. The summed E-state index contributed by atoms with van der Waals surface area (Å²) >= 11 is 5.91. The van der Waals surface area contributed by atoms with Crippen LogP contribution in [0.15, 0.2) is 18.2 Å². The Hall–Kier alpha value is -1.29. The maximum atomic E-state index is 11.1. The zero-order chi connectivity index (χ0) is 12.4. The van der Waals surface area contributed by atoms with Crippen LogP contribution in [0.25, 0.3) is 0 Å². The number of benzene rings is 1. The molecule has 0 N–H and O–H groups in total. The Kier molecular flexibility index (Phi) is 3.52. The van der Waals surface area contributed by atoms with Crippen molar-refractivity contribution < 1.29 is 4.92 Å². The maximum absolute atomic E-state index is 11.1. The number of halogens is 1. The minimum atomic E-state index is -0.400. The minimum Gasteiger partial charge on any atom is -0.366 e. The fraction of sp³-hybridized carbons (Fsp3) is 0.500. The van der Waals surface area contributed by atoms with E-state index in [9.17, 15) is 10.1 Å². The van der Waals surface area contributed by atoms with Crippen molar-refractivity contribution in [2.45, 2.75) is 31.7 Å². The molecule has 0 atom stereocenters. The Morgan fingerprint density at radius 3 is 2.65 bits per heavy atom. The van der Waals surface area contributed by atoms with Gasteiger partial charge in [0.2, 0.25) is 0 Å². The Bertz CT molecular complexity index is 431. The van der Waals surface area contributed by atoms with Gasteiger partial charge in [-0.05, 0) is 25.0 Å². The van der Waals surface area contributed by atoms with Crippen LogP contribution in [0.2, 0.25) is 5.02 Å². The lowest BCUT2D eigenvalue weighted by Crippen LogP contribution is -2.29. The Labute approximate surface area is 105 Å². The van der Waals surface area contributed by atoms with Gasteiger partial charge in [-0.15, -0.1) is 0 Å². The summed E-state index contributed by atoms with van der Waals surface area (Å²) in [6, 6.07) is 5.48. The van der Waals surface area contributed by atoms with E-state index in [1.807, 2.05) is 11.9 Å². The molecule has 0 saturated heterocycles. The van der Waals surface area contributed by atoms with Crippen molar-refractivity contribution >= 4 is 23.0 Å². The quantitative estimate of drug-likeness (QED) is 0.611. The van der Waals surface area contributed by atoms with E-state index in [2.05, 4.69) is 0 Å². The van der Waals surface area contributed by atoms with E-state index in [0.717, 1.165) is 12.8 Å². The fourth-order valence-corrected chi connectivity index (χ4v) is 2.70. The molecule has 0 radical (unpaired) electrons. The van der Waals surface area contributed by atoms with E-state index in [1.165, 1.54) is 12.8 Å². The third-order valence-corrected chi connectivity index (χ3v) is 3.71. The molecule has 1 saturated carbocycles. The Balaban J connectivity index is 2.36. The molecular weight excluding hydrogens is 240 g/mol. The number of hydrogen-bond donors (Lipinski definition) is 0. The predicted octanol–water partition coefficient (Wildman–Crippen LogP) is 3.63. The van der Waals surface area contributed by atoms with Gasteiger partial charge in [0, 0.05) is 13.1 Å². The molecule has 0 amide bonds. The number of nitro groups is 1. The van der Waals surface area contributed by atoms with Crippen molar-refractivity contribution in [1.29, 1.82) is 0 Å². The summed E-state index contributed by atoms with van der Waals surface area (Å²) in [6.07, 6.45) is 4.59. The third kappa shape index (κ3) is 2.36. The lowest BCUT2D eigenvalue weighted by molar-refractivity contribution is -0.384. The largest absolute Gasteiger partial charge is 0.366 e. The molecule has 2 rings (SSSR count). The van der Waals surface area contributed by atoms with Gasteiger partial charge < -0.3 is 4.90 Å². The van der Waals surface area contributed by atoms with Gasteiger partial charge in [0.15, 0.2) is 0 Å². The van der Waals surface area contributed by atoms with Crippen LogP contribution in [0.1, 0.15) is 25.7 Å². The van der Waals surface area contributed by atoms with Crippen LogP contribution >= 0.6 is 11.6 Å². The average molecular weight is 255 g/mol. The molecule has 1 fully saturated rings. The van der Waals surface area contributed by atoms with E-state index in [4.69, 9.17) is 11.6 Å². The molecule has 92 valence electrons. The molecule has 4 nitrogen and oxygen atoms in total. The van der Waals surface area contributed by atoms with Crippen LogP contribution in [0, 0.1) is 10.1 Å². The van der Waals surface area contributed by atoms with Crippen molar-refractivity contribution in [3.8, 4) is 0 Å². The fourth-order valence-electron chi connectivity index (χ4n) is 2.46. The van der Waals surface area contributed by atoms with Crippen LogP contribution in [0.4, 0.5) is 11.4 Å². The van der Waals surface area contributed by atoms with E-state index in [0.29, 0.717) is 11.7 Å². The molecule has 0 bridgehead atoms. The molecule has 0 aliphatic heterocycles. The smallest absolute Gasteiger partial charge is 0.310 e. The molecule has 0 aromatic heterocycles. The van der Waals surface area contributed by atoms with E-state index in [-0.39, 0.29) is 10.7 Å². The topological polar surface area (TPSA) is 46.4 Å². The van der Waals surface area contributed by atoms with Gasteiger partial charge in [-0.1, -0.05) is 30.5 Å². The summed E-state index contributed by atoms with van der Waals surface area (Å²) in [7, 11) is 1.91. The van der Waals surface area contributed by atoms with Crippen molar-refractivity contribution in [2.24, 2.45) is 0 Å². The van der Waals surface area contributed by atoms with Crippen LogP contribution in [0.5, 0.6) is 0 Å². The minimum absolute atomic E-state index is 0.0172. The Morgan fingerprint density at radius 1 is 1.41 bits per heavy atom. The second-order valence-corrected chi connectivity index (χ2v) is 4.82. The molecule has 5 heteroatoms. The number of nitrogens with zero attached hydrogens (tertiary/aromatic N) is 2. The van der Waals surface area contributed by atoms with Gasteiger partial charge >= 0.3 is 5.69 Å². The lowest BCUT2D eigenvalue weighted by Gasteiger charge is -2.26. The highest BCUT2D eigenvalue weighted by molar-refractivity contribution is 6.33. The van der Waals surface area contributed by atoms with E-state index in [1.54, 1.807) is 18.2 Å². The maximum Gasteiger partial charge on any atom is 0.310 e. The number of hydrogen-bond acceptors (Lipinski definition) is 3. The first-order chi connectivity index (χ1) is 8.11. The van der Waals surface area contributed by atoms with E-state index >= 15 is 0 Å². The Morgan fingerprint density at radius 2 is 2.06 bits per heavy atom. The van der Waals surface area contributed by atoms with Gasteiger partial charge in [0.1, 0.15) is 10.7 Å². The summed E-state index contributed by atoms with van der Waals surface area (Å²) in [5.74, 6) is 0. The number of rotatable bonds is 3. The zero-order valence-corrected chi connectivity index (χ0v) is 10.5. The van der Waals surface area contributed by atoms with Gasteiger partial charge in [0.25, 0.3) is 0 Å². The SMILES string of the molecule is CN(c1cccc(Cl)c1[N+](=O)[O-])C1CCCC1. The van der Waals surface area contributed by atoms with Gasteiger partial charge in [-0.3, -0.25) is 10.1 Å². The summed E-state index contributed by atoms with van der Waals surface area (Å²) in [5.41, 5.74) is 0.637. The molecule has 1 aromatic carbocycles. The van der Waals surface area contributed by atoms with Crippen LogP contribution in [0.3, 0.4) is 0 Å². The first-order valence-electron chi connectivity index (χ1n) is 5.77. The molecule has 0 unspecified atom stereocenters. The van der Waals surface area contributed by atoms with E-state index < -0.39 is 4.92 Å². The number of anilines is 1. The molecule has 17 heavy (non-hydrogen) atoms. The lowest BCUT2D eigenvalue weighted by atomic mass is 10.1. The molecular formula is C12H15ClN2O2. The molecule has 1 aliphatic carbocycles. The summed E-state index contributed by atoms with van der Waals surface area (Å²) < 4.78 is 0. The first-order valence-corrected chi connectivity index (χ1v) is 6.15. The van der Waals surface area contributed by atoms with Gasteiger partial charge in [-0.2, -0.15) is 0 Å². The first kappa shape index (κ1) is 12.2. The second kappa shape index (κ2) is 4.92. The number of para-hydroxylation sites is 1. The van der Waals surface area contributed by atoms with Crippen LogP contribution in [-0.4, -0.2) is 18.0 Å². The monoisotopic (exact) mass is 254 g/mol. The highest BCUT2D eigenvalue weighted by atomic mass is 35.5. The molecule has 1 aromatic rings. The average Bonchev–Trinajstić information content (AvgIpc) is 2.80. The normalized spacial score (nSPS) is 16.1. The zero-order valence-electron chi connectivity index (χ0n) is 9.73. The molecule has 0 heterocycles. The van der Waals surface area contributed by atoms with Crippen molar-refractivity contribution in [3.05, 3.63) is 33.3 Å². The van der Waals surface area contributed by atoms with Crippen LogP contribution < -0.4 is 4.90 Å². The second-order valence-electron chi connectivity index (χ2n) is 4.41. The van der Waals surface area contributed by atoms with Gasteiger partial charge in [0.05, 0.1) is 4.92 Å². The standard InChI is InChI=1S/C12H15ClN2O2/c1-14(9-5-2-3-6-9)11-8-4-7-10(13)12(11)15(16)17/h4,7-9H,2-3,5-6H2,1H3. The van der Waals surface area contributed by atoms with Crippen LogP contribution in [-0.2, 0) is 0 Å². The number of nitro benzene ring substituents is 1. The third-order valence-electron chi connectivity index (χ3n) is 3.40. The highest BCUT2D eigenvalue weighted by Crippen LogP contribution is 2.37. The molecule has 0 spiro atoms. The predicted molar refractivity (Wildman–Crippen MR) is 68.8 cm³/mol. The van der Waals surface area contributed by atoms with Crippen molar-refractivity contribution in [1.82, 2.24) is 0 Å². The van der Waals surface area contributed by atoms with Crippen molar-refractivity contribution in [2.75, 3.05) is 11.9 Å². The summed E-state index contributed by atoms with van der Waals surface area (Å²) in [5, 5.41) is 11.3. The van der Waals surface area contributed by atoms with Gasteiger partial charge in [-0.25, -0.2) is 0 Å². The highest BCUT2D eigenvalue weighted by Gasteiger charge is 2.26. The summed E-state index contributed by atoms with van der Waals surface area (Å²) in [6.45, 7) is 0. The van der Waals surface area contributed by atoms with Crippen molar-refractivity contribution in [3.63, 3.8) is 0 Å².